The van der Waals surface area contributed by atoms with E-state index in [1.165, 1.54) is 21.9 Å². The monoisotopic (exact) mass is 527 g/mol. The summed E-state index contributed by atoms with van der Waals surface area (Å²) in [5, 5.41) is 9.33. The number of amides is 2. The molecule has 0 radical (unpaired) electrons. The highest BCUT2D eigenvalue weighted by atomic mass is 19.4. The van der Waals surface area contributed by atoms with E-state index in [1.54, 1.807) is 30.3 Å². The molecule has 1 aliphatic rings. The molecule has 2 amide bonds. The fraction of sp³-hybridized carbons (Fsp3) is 0.375. The van der Waals surface area contributed by atoms with E-state index in [4.69, 9.17) is 4.42 Å². The van der Waals surface area contributed by atoms with Gasteiger partial charge in [-0.1, -0.05) is 24.3 Å². The Labute approximate surface area is 208 Å². The van der Waals surface area contributed by atoms with Crippen molar-refractivity contribution in [3.63, 3.8) is 0 Å². The van der Waals surface area contributed by atoms with Crippen LogP contribution in [0.15, 0.2) is 52.9 Å². The highest BCUT2D eigenvalue weighted by molar-refractivity contribution is 5.91. The van der Waals surface area contributed by atoms with Crippen molar-refractivity contribution in [3.8, 4) is 11.5 Å². The van der Waals surface area contributed by atoms with Crippen LogP contribution in [-0.2, 0) is 6.54 Å². The lowest BCUT2D eigenvalue weighted by molar-refractivity contribution is -0.175. The molecule has 1 saturated heterocycles. The summed E-state index contributed by atoms with van der Waals surface area (Å²) in [5.74, 6) is -1.91. The summed E-state index contributed by atoms with van der Waals surface area (Å²) in [7, 11) is 0. The average molecular weight is 527 g/mol. The molecule has 1 aromatic heterocycles. The van der Waals surface area contributed by atoms with Crippen LogP contribution >= 0.6 is 0 Å². The smallest absolute Gasteiger partial charge is 0.404 e. The Morgan fingerprint density at radius 1 is 1.16 bits per heavy atom. The van der Waals surface area contributed by atoms with E-state index in [9.17, 15) is 31.1 Å². The van der Waals surface area contributed by atoms with Gasteiger partial charge in [0, 0.05) is 29.9 Å². The van der Waals surface area contributed by atoms with Crippen LogP contribution in [0.2, 0.25) is 0 Å². The second kappa shape index (κ2) is 11.2. The van der Waals surface area contributed by atoms with Crippen molar-refractivity contribution < 1.29 is 35.6 Å². The van der Waals surface area contributed by atoms with Crippen molar-refractivity contribution in [1.29, 1.82) is 0 Å². The molecule has 7 nitrogen and oxygen atoms in total. The lowest BCUT2D eigenvalue weighted by Crippen LogP contribution is -2.46. The second-order valence-electron chi connectivity index (χ2n) is 8.44. The van der Waals surface area contributed by atoms with Crippen molar-refractivity contribution in [2.24, 2.45) is 0 Å². The first-order chi connectivity index (χ1) is 17.6. The van der Waals surface area contributed by atoms with E-state index in [-0.39, 0.29) is 43.1 Å². The van der Waals surface area contributed by atoms with Crippen LogP contribution in [0, 0.1) is 5.82 Å². The van der Waals surface area contributed by atoms with Gasteiger partial charge in [-0.3, -0.25) is 9.80 Å². The molecule has 37 heavy (non-hydrogen) atoms. The van der Waals surface area contributed by atoms with Crippen LogP contribution in [0.25, 0.3) is 11.5 Å². The van der Waals surface area contributed by atoms with Crippen LogP contribution < -0.4 is 10.2 Å². The van der Waals surface area contributed by atoms with Gasteiger partial charge >= 0.3 is 18.6 Å². The number of likely N-dealkylation sites (tertiary alicyclic amines) is 1. The van der Waals surface area contributed by atoms with Gasteiger partial charge in [-0.2, -0.15) is 22.0 Å². The molecule has 0 bridgehead atoms. The van der Waals surface area contributed by atoms with Crippen molar-refractivity contribution >= 4 is 11.7 Å². The van der Waals surface area contributed by atoms with E-state index < -0.39 is 36.4 Å². The summed E-state index contributed by atoms with van der Waals surface area (Å²) in [6.07, 6.45) is -6.84. The van der Waals surface area contributed by atoms with Gasteiger partial charge in [0.2, 0.25) is 5.89 Å². The highest BCUT2D eigenvalue weighted by Gasteiger charge is 2.45. The molecule has 13 heteroatoms. The fourth-order valence-electron chi connectivity index (χ4n) is 4.17. The number of hydrogen-bond donors (Lipinski definition) is 1. The number of nitrogens with zero attached hydrogens (tertiary/aromatic N) is 4. The number of carbonyl (C=O) groups excluding carboxylic acids is 1. The minimum absolute atomic E-state index is 0.0202. The second-order valence-corrected chi connectivity index (χ2v) is 8.44. The van der Waals surface area contributed by atoms with Crippen LogP contribution in [0.3, 0.4) is 0 Å². The molecular weight excluding hydrogens is 504 g/mol. The SMILES string of the molecule is O=C(NCCN1CCC[C@@H]1C(F)(F)F)N(Cc1ccc(-c2nnc(C(F)F)o2)cc1F)c1ccccc1. The third kappa shape index (κ3) is 6.40. The Bertz CT molecular complexity index is 1200. The van der Waals surface area contributed by atoms with Gasteiger partial charge in [-0.15, -0.1) is 10.2 Å². The Hall–Kier alpha value is -3.61. The Balaban J connectivity index is 1.46. The number of para-hydroxylation sites is 1. The first-order valence-corrected chi connectivity index (χ1v) is 11.4. The van der Waals surface area contributed by atoms with Gasteiger partial charge in [0.1, 0.15) is 11.9 Å². The summed E-state index contributed by atoms with van der Waals surface area (Å²) in [6, 6.07) is 10.0. The van der Waals surface area contributed by atoms with Gasteiger partial charge in [-0.05, 0) is 43.7 Å². The number of benzene rings is 2. The topological polar surface area (TPSA) is 74.5 Å². The van der Waals surface area contributed by atoms with Crippen LogP contribution in [-0.4, -0.2) is 53.0 Å². The largest absolute Gasteiger partial charge is 0.415 e. The molecule has 4 rings (SSSR count). The lowest BCUT2D eigenvalue weighted by atomic mass is 10.1. The highest BCUT2D eigenvalue weighted by Crippen LogP contribution is 2.32. The minimum Gasteiger partial charge on any atom is -0.415 e. The summed E-state index contributed by atoms with van der Waals surface area (Å²) in [4.78, 5) is 15.6. The van der Waals surface area contributed by atoms with Crippen molar-refractivity contribution in [1.82, 2.24) is 20.4 Å². The molecule has 0 unspecified atom stereocenters. The first kappa shape index (κ1) is 26.5. The van der Waals surface area contributed by atoms with Crippen LogP contribution in [0.5, 0.6) is 0 Å². The zero-order valence-corrected chi connectivity index (χ0v) is 19.4. The molecule has 0 aliphatic carbocycles. The number of hydrogen-bond acceptors (Lipinski definition) is 5. The maximum absolute atomic E-state index is 14.9. The maximum Gasteiger partial charge on any atom is 0.404 e. The number of aromatic nitrogens is 2. The summed E-state index contributed by atoms with van der Waals surface area (Å²) >= 11 is 0. The average Bonchev–Trinajstić information content (AvgIpc) is 3.54. The quantitative estimate of drug-likeness (QED) is 0.389. The van der Waals surface area contributed by atoms with Crippen LogP contribution in [0.4, 0.5) is 36.8 Å². The fourth-order valence-corrected chi connectivity index (χ4v) is 4.17. The number of rotatable bonds is 8. The van der Waals surface area contributed by atoms with E-state index in [2.05, 4.69) is 15.5 Å². The predicted molar refractivity (Wildman–Crippen MR) is 121 cm³/mol. The zero-order valence-electron chi connectivity index (χ0n) is 19.4. The molecule has 2 aromatic carbocycles. The summed E-state index contributed by atoms with van der Waals surface area (Å²) in [6.45, 7) is 0.0774. The number of nitrogens with one attached hydrogen (secondary N) is 1. The molecule has 0 saturated carbocycles. The standard InChI is InChI=1S/C24H23F6N5O2/c25-18-13-15(21-32-33-22(37-21)20(26)27)8-9-16(18)14-35(17-5-2-1-3-6-17)23(36)31-10-12-34-11-4-7-19(34)24(28,29)30/h1-3,5-6,8-9,13,19-20H,4,7,10-12,14H2,(H,31,36)/t19-/m1/s1. The number of urea groups is 1. The van der Waals surface area contributed by atoms with E-state index in [1.807, 2.05) is 0 Å². The third-order valence-electron chi connectivity index (χ3n) is 5.99. The molecule has 1 atom stereocenters. The molecular formula is C24H23F6N5O2. The van der Waals surface area contributed by atoms with E-state index >= 15 is 0 Å². The predicted octanol–water partition coefficient (Wildman–Crippen LogP) is 5.56. The third-order valence-corrected chi connectivity index (χ3v) is 5.99. The Morgan fingerprint density at radius 2 is 1.92 bits per heavy atom. The number of anilines is 1. The summed E-state index contributed by atoms with van der Waals surface area (Å²) in [5.41, 5.74) is 0.630. The number of carbonyl (C=O) groups is 1. The summed E-state index contributed by atoms with van der Waals surface area (Å²) < 4.78 is 84.7. The minimum atomic E-state index is -4.33. The molecule has 2 heterocycles. The molecule has 1 aliphatic heterocycles. The normalized spacial score (nSPS) is 16.4. The van der Waals surface area contributed by atoms with Gasteiger partial charge < -0.3 is 9.73 Å². The van der Waals surface area contributed by atoms with E-state index in [0.29, 0.717) is 18.7 Å². The Morgan fingerprint density at radius 3 is 2.57 bits per heavy atom. The number of halogens is 6. The van der Waals surface area contributed by atoms with Crippen molar-refractivity contribution in [3.05, 3.63) is 65.8 Å². The lowest BCUT2D eigenvalue weighted by Gasteiger charge is -2.27. The van der Waals surface area contributed by atoms with Crippen molar-refractivity contribution in [2.45, 2.75) is 38.0 Å². The molecule has 1 N–H and O–H groups in total. The molecule has 3 aromatic rings. The molecule has 1 fully saturated rings. The van der Waals surface area contributed by atoms with Gasteiger partial charge in [0.15, 0.2) is 0 Å². The maximum atomic E-state index is 14.9. The van der Waals surface area contributed by atoms with Crippen LogP contribution in [0.1, 0.15) is 30.7 Å². The van der Waals surface area contributed by atoms with E-state index in [0.717, 1.165) is 6.07 Å². The zero-order chi connectivity index (χ0) is 26.6. The van der Waals surface area contributed by atoms with Gasteiger partial charge in [-0.25, -0.2) is 9.18 Å². The molecule has 0 spiro atoms. The number of alkyl halides is 5. The first-order valence-electron chi connectivity index (χ1n) is 11.4. The Kier molecular flexibility index (Phi) is 8.00. The molecule has 198 valence electrons. The van der Waals surface area contributed by atoms with Gasteiger partial charge in [0.05, 0.1) is 6.54 Å². The van der Waals surface area contributed by atoms with Crippen molar-refractivity contribution in [2.75, 3.05) is 24.5 Å². The van der Waals surface area contributed by atoms with Gasteiger partial charge in [0.25, 0.3) is 5.89 Å².